The Hall–Kier alpha value is -1.02. The lowest BCUT2D eigenvalue weighted by Crippen LogP contribution is -2.33. The molecule has 0 radical (unpaired) electrons. The Balaban J connectivity index is 2.45. The zero-order chi connectivity index (χ0) is 11.8. The largest absolute Gasteiger partial charge is 0.507 e. The van der Waals surface area contributed by atoms with Crippen molar-refractivity contribution < 1.29 is 5.11 Å². The molecule has 1 aromatic carbocycles. The third-order valence-corrected chi connectivity index (χ3v) is 3.65. The standard InChI is InChI=1S/C14H21NO/c1-10(2)11-6-4-7-12(13(11)16)14(3)8-5-9-15-14/h4,6-7,10,15-16H,5,8-9H2,1-3H3. The molecular weight excluding hydrogens is 198 g/mol. The van der Waals surface area contributed by atoms with Gasteiger partial charge in [-0.25, -0.2) is 0 Å². The van der Waals surface area contributed by atoms with Gasteiger partial charge in [-0.1, -0.05) is 32.0 Å². The maximum Gasteiger partial charge on any atom is 0.124 e. The van der Waals surface area contributed by atoms with Crippen LogP contribution >= 0.6 is 0 Å². The van der Waals surface area contributed by atoms with E-state index in [9.17, 15) is 5.11 Å². The third-order valence-electron chi connectivity index (χ3n) is 3.65. The van der Waals surface area contributed by atoms with E-state index in [1.807, 2.05) is 12.1 Å². The van der Waals surface area contributed by atoms with Gasteiger partial charge in [-0.2, -0.15) is 0 Å². The second-order valence-electron chi connectivity index (χ2n) is 5.26. The minimum Gasteiger partial charge on any atom is -0.507 e. The molecule has 0 aliphatic carbocycles. The molecule has 0 saturated carbocycles. The molecule has 16 heavy (non-hydrogen) atoms. The summed E-state index contributed by atoms with van der Waals surface area (Å²) in [5.74, 6) is 0.847. The number of phenols is 1. The molecule has 1 aromatic rings. The molecule has 2 rings (SSSR count). The van der Waals surface area contributed by atoms with E-state index in [0.717, 1.165) is 24.1 Å². The fraction of sp³-hybridized carbons (Fsp3) is 0.571. The van der Waals surface area contributed by atoms with Crippen LogP contribution in [0.5, 0.6) is 5.75 Å². The van der Waals surface area contributed by atoms with Gasteiger partial charge in [-0.3, -0.25) is 0 Å². The fourth-order valence-electron chi connectivity index (χ4n) is 2.60. The zero-order valence-electron chi connectivity index (χ0n) is 10.4. The van der Waals surface area contributed by atoms with Gasteiger partial charge in [0.05, 0.1) is 0 Å². The maximum atomic E-state index is 10.3. The van der Waals surface area contributed by atoms with Gasteiger partial charge in [-0.15, -0.1) is 0 Å². The average molecular weight is 219 g/mol. The first kappa shape index (κ1) is 11.5. The second kappa shape index (κ2) is 4.10. The summed E-state index contributed by atoms with van der Waals surface area (Å²) < 4.78 is 0. The molecule has 0 spiro atoms. The van der Waals surface area contributed by atoms with Crippen molar-refractivity contribution in [2.75, 3.05) is 6.54 Å². The number of benzene rings is 1. The highest BCUT2D eigenvalue weighted by molar-refractivity contribution is 5.46. The number of nitrogens with one attached hydrogen (secondary N) is 1. The summed E-state index contributed by atoms with van der Waals surface area (Å²) in [5, 5.41) is 13.8. The number of aromatic hydroxyl groups is 1. The SMILES string of the molecule is CC(C)c1cccc(C2(C)CCCN2)c1O. The lowest BCUT2D eigenvalue weighted by Gasteiger charge is -2.27. The molecule has 88 valence electrons. The van der Waals surface area contributed by atoms with Gasteiger partial charge < -0.3 is 10.4 Å². The van der Waals surface area contributed by atoms with E-state index in [4.69, 9.17) is 0 Å². The number of para-hydroxylation sites is 1. The van der Waals surface area contributed by atoms with Gasteiger partial charge in [0.25, 0.3) is 0 Å². The molecule has 0 amide bonds. The molecule has 1 aliphatic rings. The van der Waals surface area contributed by atoms with E-state index in [2.05, 4.69) is 32.2 Å². The highest BCUT2D eigenvalue weighted by Crippen LogP contribution is 2.39. The summed E-state index contributed by atoms with van der Waals surface area (Å²) >= 11 is 0. The van der Waals surface area contributed by atoms with Crippen LogP contribution in [0.25, 0.3) is 0 Å². The van der Waals surface area contributed by atoms with Crippen LogP contribution in [0.2, 0.25) is 0 Å². The summed E-state index contributed by atoms with van der Waals surface area (Å²) in [7, 11) is 0. The van der Waals surface area contributed by atoms with E-state index in [0.29, 0.717) is 11.7 Å². The van der Waals surface area contributed by atoms with E-state index >= 15 is 0 Å². The molecule has 0 bridgehead atoms. The Bertz CT molecular complexity index is 378. The van der Waals surface area contributed by atoms with E-state index < -0.39 is 0 Å². The van der Waals surface area contributed by atoms with Crippen LogP contribution in [0, 0.1) is 0 Å². The monoisotopic (exact) mass is 219 g/mol. The molecule has 1 heterocycles. The Morgan fingerprint density at radius 3 is 2.69 bits per heavy atom. The average Bonchev–Trinajstić information content (AvgIpc) is 2.66. The molecule has 1 atom stereocenters. The molecule has 2 nitrogen and oxygen atoms in total. The minimum absolute atomic E-state index is 0.0466. The van der Waals surface area contributed by atoms with Crippen molar-refractivity contribution in [3.63, 3.8) is 0 Å². The zero-order valence-corrected chi connectivity index (χ0v) is 10.4. The number of hydrogen-bond acceptors (Lipinski definition) is 2. The smallest absolute Gasteiger partial charge is 0.124 e. The third kappa shape index (κ3) is 1.82. The predicted octanol–water partition coefficient (Wildman–Crippen LogP) is 3.11. The first-order chi connectivity index (χ1) is 7.54. The summed E-state index contributed by atoms with van der Waals surface area (Å²) in [5.41, 5.74) is 2.05. The lowest BCUT2D eigenvalue weighted by molar-refractivity contribution is 0.390. The van der Waals surface area contributed by atoms with Crippen LogP contribution in [-0.4, -0.2) is 11.7 Å². The summed E-state index contributed by atoms with van der Waals surface area (Å²) in [6.07, 6.45) is 2.28. The normalized spacial score (nSPS) is 25.2. The number of phenolic OH excluding ortho intramolecular Hbond substituents is 1. The molecule has 2 N–H and O–H groups in total. The Morgan fingerprint density at radius 1 is 1.38 bits per heavy atom. The van der Waals surface area contributed by atoms with Gasteiger partial charge in [0.2, 0.25) is 0 Å². The molecular formula is C14H21NO. The first-order valence-electron chi connectivity index (χ1n) is 6.12. The Kier molecular flexibility index (Phi) is 2.94. The first-order valence-corrected chi connectivity index (χ1v) is 6.12. The summed E-state index contributed by atoms with van der Waals surface area (Å²) in [6, 6.07) is 6.11. The summed E-state index contributed by atoms with van der Waals surface area (Å²) in [4.78, 5) is 0. The van der Waals surface area contributed by atoms with Crippen molar-refractivity contribution in [2.45, 2.75) is 45.1 Å². The van der Waals surface area contributed by atoms with Crippen molar-refractivity contribution >= 4 is 0 Å². The molecule has 1 saturated heterocycles. The minimum atomic E-state index is -0.0466. The lowest BCUT2D eigenvalue weighted by atomic mass is 9.86. The molecule has 1 aliphatic heterocycles. The summed E-state index contributed by atoms with van der Waals surface area (Å²) in [6.45, 7) is 7.45. The topological polar surface area (TPSA) is 32.3 Å². The van der Waals surface area contributed by atoms with Gasteiger partial charge in [0, 0.05) is 11.1 Å². The van der Waals surface area contributed by atoms with Gasteiger partial charge in [-0.05, 0) is 37.8 Å². The van der Waals surface area contributed by atoms with Crippen LogP contribution in [0.3, 0.4) is 0 Å². The molecule has 2 heteroatoms. The molecule has 1 fully saturated rings. The predicted molar refractivity (Wildman–Crippen MR) is 66.8 cm³/mol. The van der Waals surface area contributed by atoms with Crippen molar-refractivity contribution in [3.8, 4) is 5.75 Å². The van der Waals surface area contributed by atoms with Crippen LogP contribution < -0.4 is 5.32 Å². The number of hydrogen-bond donors (Lipinski definition) is 2. The Labute approximate surface area is 97.7 Å². The highest BCUT2D eigenvalue weighted by atomic mass is 16.3. The van der Waals surface area contributed by atoms with Crippen LogP contribution in [-0.2, 0) is 5.54 Å². The van der Waals surface area contributed by atoms with E-state index in [-0.39, 0.29) is 5.54 Å². The van der Waals surface area contributed by atoms with Crippen molar-refractivity contribution in [1.82, 2.24) is 5.32 Å². The van der Waals surface area contributed by atoms with Crippen molar-refractivity contribution in [3.05, 3.63) is 29.3 Å². The van der Waals surface area contributed by atoms with E-state index in [1.165, 1.54) is 6.42 Å². The Morgan fingerprint density at radius 2 is 2.12 bits per heavy atom. The quantitative estimate of drug-likeness (QED) is 0.801. The van der Waals surface area contributed by atoms with Crippen LogP contribution in [0.4, 0.5) is 0 Å². The van der Waals surface area contributed by atoms with Crippen LogP contribution in [0.1, 0.15) is 50.7 Å². The maximum absolute atomic E-state index is 10.3. The van der Waals surface area contributed by atoms with Gasteiger partial charge >= 0.3 is 0 Å². The van der Waals surface area contributed by atoms with E-state index in [1.54, 1.807) is 0 Å². The highest BCUT2D eigenvalue weighted by Gasteiger charge is 2.32. The molecule has 0 aromatic heterocycles. The second-order valence-corrected chi connectivity index (χ2v) is 5.26. The van der Waals surface area contributed by atoms with Crippen molar-refractivity contribution in [1.29, 1.82) is 0 Å². The molecule has 1 unspecified atom stereocenters. The van der Waals surface area contributed by atoms with Crippen molar-refractivity contribution in [2.24, 2.45) is 0 Å². The van der Waals surface area contributed by atoms with Gasteiger partial charge in [0.15, 0.2) is 0 Å². The van der Waals surface area contributed by atoms with Crippen LogP contribution in [0.15, 0.2) is 18.2 Å². The fourth-order valence-corrected chi connectivity index (χ4v) is 2.60. The number of rotatable bonds is 2. The van der Waals surface area contributed by atoms with Gasteiger partial charge in [0.1, 0.15) is 5.75 Å².